The lowest BCUT2D eigenvalue weighted by Gasteiger charge is -2.09. The molecule has 2 rings (SSSR count). The summed E-state index contributed by atoms with van der Waals surface area (Å²) in [5, 5.41) is 11.8. The summed E-state index contributed by atoms with van der Waals surface area (Å²) in [6.45, 7) is 9.10. The fourth-order valence-electron chi connectivity index (χ4n) is 2.64. The van der Waals surface area contributed by atoms with E-state index in [0.717, 1.165) is 30.3 Å². The number of rotatable bonds is 4. The molecule has 0 amide bonds. The zero-order chi connectivity index (χ0) is 14.2. The predicted octanol–water partition coefficient (Wildman–Crippen LogP) is 4.76. The number of fused-ring (bicyclic) bond motifs is 1. The zero-order valence-corrected chi connectivity index (χ0v) is 12.9. The normalized spacial score (nSPS) is 13.2. The average molecular weight is 280 g/mol. The van der Waals surface area contributed by atoms with Crippen molar-refractivity contribution in [2.75, 3.05) is 0 Å². The maximum absolute atomic E-state index is 10.0. The Morgan fingerprint density at radius 3 is 2.58 bits per heavy atom. The summed E-state index contributed by atoms with van der Waals surface area (Å²) in [6, 6.07) is 4.18. The highest BCUT2D eigenvalue weighted by atomic mass is 35.5. The van der Waals surface area contributed by atoms with E-state index in [1.54, 1.807) is 6.92 Å². The topological polar surface area (TPSA) is 25.2 Å². The van der Waals surface area contributed by atoms with E-state index in [0.29, 0.717) is 5.15 Å². The molecule has 0 spiro atoms. The fraction of sp³-hybridized carbons (Fsp3) is 0.500. The largest absolute Gasteiger partial charge is 0.389 e. The van der Waals surface area contributed by atoms with E-state index < -0.39 is 6.10 Å². The van der Waals surface area contributed by atoms with Crippen molar-refractivity contribution in [1.82, 2.24) is 4.57 Å². The van der Waals surface area contributed by atoms with Crippen LogP contribution >= 0.6 is 11.6 Å². The summed E-state index contributed by atoms with van der Waals surface area (Å²) in [5.41, 5.74) is 4.55. The second-order valence-corrected chi connectivity index (χ2v) is 5.65. The lowest BCUT2D eigenvalue weighted by molar-refractivity contribution is 0.200. The van der Waals surface area contributed by atoms with Crippen LogP contribution in [0.25, 0.3) is 10.9 Å². The molecular formula is C16H22ClNO. The van der Waals surface area contributed by atoms with E-state index >= 15 is 0 Å². The van der Waals surface area contributed by atoms with Crippen LogP contribution < -0.4 is 0 Å². The minimum absolute atomic E-state index is 0.542. The number of nitrogens with zero attached hydrogens (tertiary/aromatic N) is 1. The molecule has 0 aliphatic carbocycles. The van der Waals surface area contributed by atoms with Crippen LogP contribution in [0.4, 0.5) is 0 Å². The molecule has 0 radical (unpaired) electrons. The Balaban J connectivity index is 2.77. The molecule has 104 valence electrons. The summed E-state index contributed by atoms with van der Waals surface area (Å²) in [4.78, 5) is 0. The number of hydrogen-bond donors (Lipinski definition) is 1. The van der Waals surface area contributed by atoms with Gasteiger partial charge in [0.15, 0.2) is 0 Å². The van der Waals surface area contributed by atoms with E-state index in [1.807, 2.05) is 0 Å². The van der Waals surface area contributed by atoms with E-state index in [-0.39, 0.29) is 0 Å². The van der Waals surface area contributed by atoms with Crippen molar-refractivity contribution in [3.63, 3.8) is 0 Å². The van der Waals surface area contributed by atoms with E-state index in [2.05, 4.69) is 37.5 Å². The molecule has 1 aromatic heterocycles. The minimum Gasteiger partial charge on any atom is -0.389 e. The van der Waals surface area contributed by atoms with Gasteiger partial charge in [0.2, 0.25) is 0 Å². The van der Waals surface area contributed by atoms with Gasteiger partial charge >= 0.3 is 0 Å². The number of benzene rings is 1. The molecule has 0 saturated heterocycles. The third-order valence-electron chi connectivity index (χ3n) is 3.87. The summed E-state index contributed by atoms with van der Waals surface area (Å²) in [7, 11) is 0. The van der Waals surface area contributed by atoms with Crippen LogP contribution in [0, 0.1) is 13.8 Å². The summed E-state index contributed by atoms with van der Waals surface area (Å²) >= 11 is 6.51. The van der Waals surface area contributed by atoms with Gasteiger partial charge in [0.05, 0.1) is 11.6 Å². The molecule has 2 aromatic rings. The molecule has 1 aromatic carbocycles. The number of halogens is 1. The summed E-state index contributed by atoms with van der Waals surface area (Å²) < 4.78 is 2.16. The smallest absolute Gasteiger partial charge is 0.115 e. The van der Waals surface area contributed by atoms with Crippen LogP contribution in [0.3, 0.4) is 0 Å². The molecule has 0 aliphatic rings. The first-order valence-corrected chi connectivity index (χ1v) is 7.32. The van der Waals surface area contributed by atoms with Crippen LogP contribution in [-0.2, 0) is 6.54 Å². The highest BCUT2D eigenvalue weighted by Crippen LogP contribution is 2.37. The first-order chi connectivity index (χ1) is 8.99. The van der Waals surface area contributed by atoms with Crippen LogP contribution in [0.15, 0.2) is 12.1 Å². The van der Waals surface area contributed by atoms with Crippen molar-refractivity contribution < 1.29 is 5.11 Å². The number of aliphatic hydroxyl groups excluding tert-OH is 1. The Labute approximate surface area is 120 Å². The SMILES string of the molecule is CCCCn1c(Cl)c(C(C)O)c2ccc(C)c(C)c21. The summed E-state index contributed by atoms with van der Waals surface area (Å²) in [5.74, 6) is 0. The number of unbranched alkanes of at least 4 members (excludes halogenated alkanes) is 1. The average Bonchev–Trinajstić information content (AvgIpc) is 2.64. The van der Waals surface area contributed by atoms with E-state index in [9.17, 15) is 5.11 Å². The summed E-state index contributed by atoms with van der Waals surface area (Å²) in [6.07, 6.45) is 1.68. The number of aryl methyl sites for hydroxylation is 3. The van der Waals surface area contributed by atoms with Crippen LogP contribution in [0.1, 0.15) is 49.5 Å². The standard InChI is InChI=1S/C16H22ClNO/c1-5-6-9-18-15-11(3)10(2)7-8-13(15)14(12(4)19)16(18)17/h7-8,12,19H,5-6,9H2,1-4H3. The second kappa shape index (κ2) is 5.56. The number of aliphatic hydroxyl groups is 1. The quantitative estimate of drug-likeness (QED) is 0.857. The molecule has 1 unspecified atom stereocenters. The fourth-order valence-corrected chi connectivity index (χ4v) is 3.07. The Morgan fingerprint density at radius 1 is 1.32 bits per heavy atom. The highest BCUT2D eigenvalue weighted by Gasteiger charge is 2.20. The van der Waals surface area contributed by atoms with Gasteiger partial charge in [-0.05, 0) is 38.3 Å². The van der Waals surface area contributed by atoms with Crippen molar-refractivity contribution in [2.45, 2.75) is 53.2 Å². The Kier molecular flexibility index (Phi) is 4.22. The van der Waals surface area contributed by atoms with Gasteiger partial charge in [-0.15, -0.1) is 0 Å². The molecule has 19 heavy (non-hydrogen) atoms. The van der Waals surface area contributed by atoms with Crippen molar-refractivity contribution >= 4 is 22.5 Å². The highest BCUT2D eigenvalue weighted by molar-refractivity contribution is 6.32. The molecule has 0 fully saturated rings. The van der Waals surface area contributed by atoms with Gasteiger partial charge in [-0.3, -0.25) is 0 Å². The van der Waals surface area contributed by atoms with Crippen molar-refractivity contribution in [3.8, 4) is 0 Å². The van der Waals surface area contributed by atoms with Crippen LogP contribution in [-0.4, -0.2) is 9.67 Å². The lowest BCUT2D eigenvalue weighted by atomic mass is 10.0. The molecule has 1 atom stereocenters. The van der Waals surface area contributed by atoms with Gasteiger partial charge in [0.25, 0.3) is 0 Å². The first kappa shape index (κ1) is 14.4. The molecule has 1 N–H and O–H groups in total. The Hall–Kier alpha value is -0.990. The Morgan fingerprint density at radius 2 is 2.00 bits per heavy atom. The molecule has 0 aliphatic heterocycles. The van der Waals surface area contributed by atoms with Gasteiger partial charge in [-0.25, -0.2) is 0 Å². The Bertz CT molecular complexity index is 599. The van der Waals surface area contributed by atoms with Crippen LogP contribution in [0.5, 0.6) is 0 Å². The van der Waals surface area contributed by atoms with Gasteiger partial charge < -0.3 is 9.67 Å². The van der Waals surface area contributed by atoms with E-state index in [4.69, 9.17) is 11.6 Å². The molecule has 2 nitrogen and oxygen atoms in total. The molecular weight excluding hydrogens is 258 g/mol. The second-order valence-electron chi connectivity index (χ2n) is 5.29. The van der Waals surface area contributed by atoms with Gasteiger partial charge in [0, 0.05) is 17.5 Å². The lowest BCUT2D eigenvalue weighted by Crippen LogP contribution is -2.00. The number of aromatic nitrogens is 1. The monoisotopic (exact) mass is 279 g/mol. The minimum atomic E-state index is -0.542. The molecule has 3 heteroatoms. The van der Waals surface area contributed by atoms with Crippen molar-refractivity contribution in [2.24, 2.45) is 0 Å². The van der Waals surface area contributed by atoms with Gasteiger partial charge in [-0.1, -0.05) is 37.1 Å². The number of hydrogen-bond acceptors (Lipinski definition) is 1. The predicted molar refractivity (Wildman–Crippen MR) is 82.0 cm³/mol. The zero-order valence-electron chi connectivity index (χ0n) is 12.1. The molecule has 1 heterocycles. The maximum atomic E-state index is 10.0. The van der Waals surface area contributed by atoms with Crippen LogP contribution in [0.2, 0.25) is 5.15 Å². The van der Waals surface area contributed by atoms with Gasteiger partial charge in [0.1, 0.15) is 5.15 Å². The molecule has 0 bridgehead atoms. The van der Waals surface area contributed by atoms with E-state index in [1.165, 1.54) is 16.6 Å². The van der Waals surface area contributed by atoms with Crippen molar-refractivity contribution in [3.05, 3.63) is 34.0 Å². The third kappa shape index (κ3) is 2.39. The van der Waals surface area contributed by atoms with Gasteiger partial charge in [-0.2, -0.15) is 0 Å². The maximum Gasteiger partial charge on any atom is 0.115 e. The third-order valence-corrected chi connectivity index (χ3v) is 4.28. The van der Waals surface area contributed by atoms with Crippen molar-refractivity contribution in [1.29, 1.82) is 0 Å². The molecule has 0 saturated carbocycles. The first-order valence-electron chi connectivity index (χ1n) is 6.94.